The molecule has 2 heterocycles. The van der Waals surface area contributed by atoms with Crippen LogP contribution >= 0.6 is 0 Å². The molecule has 30 heavy (non-hydrogen) atoms. The number of nitrogens with one attached hydrogen (secondary N) is 2. The van der Waals surface area contributed by atoms with Gasteiger partial charge >= 0.3 is 6.03 Å². The molecule has 0 atom stereocenters. The summed E-state index contributed by atoms with van der Waals surface area (Å²) in [4.78, 5) is 45.5. The first-order chi connectivity index (χ1) is 14.4. The molecule has 0 saturated heterocycles. The number of H-pyrrole nitrogens is 1. The maximum atomic E-state index is 13.2. The van der Waals surface area contributed by atoms with Gasteiger partial charge in [0.2, 0.25) is 0 Å². The fourth-order valence-corrected chi connectivity index (χ4v) is 3.38. The predicted octanol–water partition coefficient (Wildman–Crippen LogP) is 3.37. The number of Topliss-reactive ketones (excluding diaryl/α,β-unsaturated/α-hetero) is 1. The van der Waals surface area contributed by atoms with Crippen molar-refractivity contribution in [2.45, 2.75) is 19.9 Å². The van der Waals surface area contributed by atoms with Crippen LogP contribution in [0.4, 0.5) is 14.9 Å². The van der Waals surface area contributed by atoms with Gasteiger partial charge in [-0.25, -0.2) is 14.2 Å². The zero-order chi connectivity index (χ0) is 21.3. The van der Waals surface area contributed by atoms with Gasteiger partial charge in [-0.05, 0) is 49.7 Å². The number of carbonyl (C=O) groups excluding carboxylic acids is 2. The largest absolute Gasteiger partial charge is 0.322 e. The summed E-state index contributed by atoms with van der Waals surface area (Å²) < 4.78 is 13.2. The van der Waals surface area contributed by atoms with Gasteiger partial charge in [0, 0.05) is 28.9 Å². The first-order valence-corrected chi connectivity index (χ1v) is 9.45. The van der Waals surface area contributed by atoms with Crippen LogP contribution in [0.2, 0.25) is 0 Å². The number of aromatic nitrogens is 2. The summed E-state index contributed by atoms with van der Waals surface area (Å²) >= 11 is 0. The van der Waals surface area contributed by atoms with Crippen molar-refractivity contribution in [2.24, 2.45) is 0 Å². The number of anilines is 1. The first kappa shape index (κ1) is 19.5. The predicted molar refractivity (Wildman–Crippen MR) is 110 cm³/mol. The van der Waals surface area contributed by atoms with E-state index >= 15 is 0 Å². The van der Waals surface area contributed by atoms with Crippen molar-refractivity contribution >= 4 is 17.5 Å². The van der Waals surface area contributed by atoms with Crippen LogP contribution in [0.1, 0.15) is 28.5 Å². The van der Waals surface area contributed by atoms with E-state index in [-0.39, 0.29) is 29.7 Å². The summed E-state index contributed by atoms with van der Waals surface area (Å²) in [6, 6.07) is 12.0. The summed E-state index contributed by atoms with van der Waals surface area (Å²) in [6.45, 7) is 2.00. The van der Waals surface area contributed by atoms with Gasteiger partial charge in [-0.1, -0.05) is 12.1 Å². The number of amides is 2. The van der Waals surface area contributed by atoms with Crippen LogP contribution in [-0.4, -0.2) is 33.2 Å². The zero-order valence-electron chi connectivity index (χ0n) is 16.2. The summed E-state index contributed by atoms with van der Waals surface area (Å²) in [5.74, 6) is -0.138. The van der Waals surface area contributed by atoms with Crippen molar-refractivity contribution in [1.82, 2.24) is 14.9 Å². The average molecular weight is 406 g/mol. The van der Waals surface area contributed by atoms with E-state index < -0.39 is 0 Å². The van der Waals surface area contributed by atoms with Gasteiger partial charge < -0.3 is 15.2 Å². The highest BCUT2D eigenvalue weighted by molar-refractivity contribution is 5.96. The summed E-state index contributed by atoms with van der Waals surface area (Å²) in [7, 11) is 0. The molecule has 0 bridgehead atoms. The minimum atomic E-state index is -0.379. The number of ketones is 1. The van der Waals surface area contributed by atoms with Crippen LogP contribution in [0, 0.1) is 5.82 Å². The molecule has 1 aliphatic heterocycles. The average Bonchev–Trinajstić information content (AvgIpc) is 2.74. The van der Waals surface area contributed by atoms with Gasteiger partial charge in [0.1, 0.15) is 11.6 Å². The summed E-state index contributed by atoms with van der Waals surface area (Å²) in [5.41, 5.74) is 2.41. The highest BCUT2D eigenvalue weighted by atomic mass is 19.1. The van der Waals surface area contributed by atoms with Crippen molar-refractivity contribution < 1.29 is 14.0 Å². The molecule has 0 aliphatic carbocycles. The third-order valence-corrected chi connectivity index (χ3v) is 5.00. The van der Waals surface area contributed by atoms with Crippen molar-refractivity contribution in [3.63, 3.8) is 0 Å². The summed E-state index contributed by atoms with van der Waals surface area (Å²) in [6.07, 6.45) is 0.377. The number of hydrogen-bond acceptors (Lipinski definition) is 4. The molecule has 0 spiro atoms. The smallest absolute Gasteiger partial charge is 0.318 e. The number of halogens is 1. The van der Waals surface area contributed by atoms with E-state index in [4.69, 9.17) is 0 Å². The SMILES string of the molecule is CC(=O)c1cccc(NC(=O)N2CCc3c(nc(-c4ccc(F)cc4)[nH]c3=O)C2)c1. The van der Waals surface area contributed by atoms with Gasteiger partial charge in [-0.3, -0.25) is 9.59 Å². The Morgan fingerprint density at radius 3 is 2.67 bits per heavy atom. The molecule has 0 unspecified atom stereocenters. The fraction of sp³-hybridized carbons (Fsp3) is 0.182. The molecule has 1 aromatic heterocycles. The number of fused-ring (bicyclic) bond motifs is 1. The molecule has 8 heteroatoms. The first-order valence-electron chi connectivity index (χ1n) is 9.45. The second-order valence-electron chi connectivity index (χ2n) is 7.09. The van der Waals surface area contributed by atoms with E-state index in [1.807, 2.05) is 0 Å². The Labute approximate surface area is 171 Å². The summed E-state index contributed by atoms with van der Waals surface area (Å²) in [5, 5.41) is 2.78. The minimum absolute atomic E-state index is 0.0882. The second-order valence-corrected chi connectivity index (χ2v) is 7.09. The Balaban J connectivity index is 1.56. The molecule has 3 aromatic rings. The Bertz CT molecular complexity index is 1190. The van der Waals surface area contributed by atoms with Gasteiger partial charge in [0.05, 0.1) is 12.2 Å². The maximum absolute atomic E-state index is 13.2. The Morgan fingerprint density at radius 1 is 1.17 bits per heavy atom. The molecule has 0 radical (unpaired) electrons. The molecule has 0 fully saturated rings. The van der Waals surface area contributed by atoms with Gasteiger partial charge in [-0.15, -0.1) is 0 Å². The lowest BCUT2D eigenvalue weighted by molar-refractivity contribution is 0.101. The number of hydrogen-bond donors (Lipinski definition) is 2. The van der Waals surface area contributed by atoms with Crippen LogP contribution in [0.5, 0.6) is 0 Å². The lowest BCUT2D eigenvalue weighted by Gasteiger charge is -2.28. The van der Waals surface area contributed by atoms with Crippen LogP contribution in [0.25, 0.3) is 11.4 Å². The molecule has 2 amide bonds. The van der Waals surface area contributed by atoms with Crippen LogP contribution in [-0.2, 0) is 13.0 Å². The Kier molecular flexibility index (Phi) is 5.14. The topological polar surface area (TPSA) is 95.2 Å². The second kappa shape index (κ2) is 7.90. The van der Waals surface area contributed by atoms with E-state index in [0.717, 1.165) is 0 Å². The van der Waals surface area contributed by atoms with Crippen molar-refractivity contribution in [2.75, 3.05) is 11.9 Å². The highest BCUT2D eigenvalue weighted by Gasteiger charge is 2.25. The van der Waals surface area contributed by atoms with Gasteiger partial charge in [0.25, 0.3) is 5.56 Å². The zero-order valence-corrected chi connectivity index (χ0v) is 16.2. The molecular weight excluding hydrogens is 387 g/mol. The Hall–Kier alpha value is -3.81. The lowest BCUT2D eigenvalue weighted by atomic mass is 10.1. The fourth-order valence-electron chi connectivity index (χ4n) is 3.38. The van der Waals surface area contributed by atoms with Crippen molar-refractivity contribution in [3.8, 4) is 11.4 Å². The van der Waals surface area contributed by atoms with E-state index in [1.165, 1.54) is 31.2 Å². The van der Waals surface area contributed by atoms with Crippen molar-refractivity contribution in [1.29, 1.82) is 0 Å². The number of nitrogens with zero attached hydrogens (tertiary/aromatic N) is 2. The third-order valence-electron chi connectivity index (χ3n) is 5.00. The third kappa shape index (κ3) is 3.98. The standard InChI is InChI=1S/C22H19FN4O3/c1-13(28)15-3-2-4-17(11-15)24-22(30)27-10-9-18-19(12-27)25-20(26-21(18)29)14-5-7-16(23)8-6-14/h2-8,11H,9-10,12H2,1H3,(H,24,30)(H,25,26,29). The highest BCUT2D eigenvalue weighted by Crippen LogP contribution is 2.20. The molecule has 2 aromatic carbocycles. The lowest BCUT2D eigenvalue weighted by Crippen LogP contribution is -2.41. The van der Waals surface area contributed by atoms with E-state index in [2.05, 4.69) is 15.3 Å². The van der Waals surface area contributed by atoms with E-state index in [0.29, 0.717) is 46.9 Å². The van der Waals surface area contributed by atoms with E-state index in [9.17, 15) is 18.8 Å². The number of urea groups is 1. The number of benzene rings is 2. The minimum Gasteiger partial charge on any atom is -0.318 e. The molecule has 2 N–H and O–H groups in total. The molecule has 152 valence electrons. The molecule has 7 nitrogen and oxygen atoms in total. The quantitative estimate of drug-likeness (QED) is 0.652. The molecular formula is C22H19FN4O3. The van der Waals surface area contributed by atoms with Crippen molar-refractivity contribution in [3.05, 3.63) is 81.5 Å². The van der Waals surface area contributed by atoms with Gasteiger partial charge in [-0.2, -0.15) is 0 Å². The molecule has 0 saturated carbocycles. The molecule has 4 rings (SSSR count). The number of rotatable bonds is 3. The monoisotopic (exact) mass is 406 g/mol. The van der Waals surface area contributed by atoms with Crippen LogP contribution < -0.4 is 10.9 Å². The number of carbonyl (C=O) groups is 2. The number of aromatic amines is 1. The normalized spacial score (nSPS) is 12.9. The maximum Gasteiger partial charge on any atom is 0.322 e. The van der Waals surface area contributed by atoms with Crippen LogP contribution in [0.3, 0.4) is 0 Å². The molecule has 1 aliphatic rings. The van der Waals surface area contributed by atoms with Crippen LogP contribution in [0.15, 0.2) is 53.3 Å². The van der Waals surface area contributed by atoms with E-state index in [1.54, 1.807) is 29.2 Å². The Morgan fingerprint density at radius 2 is 1.93 bits per heavy atom. The van der Waals surface area contributed by atoms with Gasteiger partial charge in [0.15, 0.2) is 5.78 Å².